The number of likely N-dealkylation sites (tertiary alicyclic amines) is 1. The van der Waals surface area contributed by atoms with Gasteiger partial charge >= 0.3 is 5.88 Å². The van der Waals surface area contributed by atoms with Crippen molar-refractivity contribution in [1.82, 2.24) is 15.1 Å². The molecule has 9 heteroatoms. The summed E-state index contributed by atoms with van der Waals surface area (Å²) in [4.78, 5) is 23.9. The molecule has 0 spiro atoms. The van der Waals surface area contributed by atoms with Crippen molar-refractivity contribution in [3.8, 4) is 5.88 Å². The van der Waals surface area contributed by atoms with Crippen LogP contribution in [0.25, 0.3) is 0 Å². The molecule has 2 aromatic rings. The van der Waals surface area contributed by atoms with Crippen LogP contribution in [0.4, 0.5) is 5.88 Å². The third kappa shape index (κ3) is 3.44. The molecule has 0 radical (unpaired) electrons. The van der Waals surface area contributed by atoms with Crippen LogP contribution in [-0.4, -0.2) is 45.1 Å². The zero-order valence-corrected chi connectivity index (χ0v) is 12.1. The van der Waals surface area contributed by atoms with Crippen LogP contribution in [0.15, 0.2) is 34.9 Å². The van der Waals surface area contributed by atoms with Gasteiger partial charge in [-0.3, -0.25) is 14.9 Å². The number of aromatic nitrogens is 2. The number of hydrogen-bond donors (Lipinski definition) is 0. The Morgan fingerprint density at radius 3 is 3.00 bits per heavy atom. The summed E-state index contributed by atoms with van der Waals surface area (Å²) in [6, 6.07) is 5.90. The third-order valence-corrected chi connectivity index (χ3v) is 3.48. The molecule has 0 bridgehead atoms. The number of nitro groups is 1. The topological polar surface area (TPSA) is 112 Å². The van der Waals surface area contributed by atoms with E-state index in [1.807, 2.05) is 0 Å². The molecule has 0 aliphatic carbocycles. The van der Waals surface area contributed by atoms with Crippen molar-refractivity contribution in [1.29, 1.82) is 0 Å². The van der Waals surface area contributed by atoms with E-state index in [9.17, 15) is 14.9 Å². The highest BCUT2D eigenvalue weighted by Crippen LogP contribution is 2.21. The molecule has 0 saturated carbocycles. The Kier molecular flexibility index (Phi) is 4.18. The van der Waals surface area contributed by atoms with Gasteiger partial charge in [0, 0.05) is 18.8 Å². The molecule has 0 aromatic carbocycles. The first-order valence-electron chi connectivity index (χ1n) is 7.11. The zero-order chi connectivity index (χ0) is 16.2. The molecule has 9 nitrogen and oxygen atoms in total. The number of carbonyl (C=O) groups is 1. The van der Waals surface area contributed by atoms with Gasteiger partial charge in [-0.1, -0.05) is 0 Å². The van der Waals surface area contributed by atoms with Gasteiger partial charge in [-0.25, -0.2) is 0 Å². The first kappa shape index (κ1) is 14.9. The van der Waals surface area contributed by atoms with E-state index >= 15 is 0 Å². The standard InChI is InChI=1S/C14H14N4O5/c19-14(11-5-6-13(23-11)18(20)21)17-8-2-3-10(9-17)22-12-4-1-7-15-16-12/h1,4-7,10H,2-3,8-9H2. The molecular formula is C14H14N4O5. The Morgan fingerprint density at radius 1 is 1.43 bits per heavy atom. The minimum Gasteiger partial charge on any atom is -0.471 e. The van der Waals surface area contributed by atoms with Crippen molar-refractivity contribution in [2.75, 3.05) is 13.1 Å². The Balaban J connectivity index is 1.65. The van der Waals surface area contributed by atoms with Gasteiger partial charge in [-0.2, -0.15) is 5.10 Å². The van der Waals surface area contributed by atoms with E-state index in [0.717, 1.165) is 12.8 Å². The van der Waals surface area contributed by atoms with E-state index in [1.54, 1.807) is 23.2 Å². The predicted molar refractivity (Wildman–Crippen MR) is 76.9 cm³/mol. The van der Waals surface area contributed by atoms with E-state index in [4.69, 9.17) is 9.15 Å². The quantitative estimate of drug-likeness (QED) is 0.622. The highest BCUT2D eigenvalue weighted by molar-refractivity contribution is 5.91. The highest BCUT2D eigenvalue weighted by atomic mass is 16.6. The summed E-state index contributed by atoms with van der Waals surface area (Å²) in [6.45, 7) is 0.914. The number of hydrogen-bond acceptors (Lipinski definition) is 7. The lowest BCUT2D eigenvalue weighted by atomic mass is 10.1. The van der Waals surface area contributed by atoms with Crippen LogP contribution in [0.5, 0.6) is 5.88 Å². The molecule has 2 aromatic heterocycles. The Morgan fingerprint density at radius 2 is 2.30 bits per heavy atom. The molecule has 1 saturated heterocycles. The zero-order valence-electron chi connectivity index (χ0n) is 12.1. The van der Waals surface area contributed by atoms with Crippen LogP contribution >= 0.6 is 0 Å². The van der Waals surface area contributed by atoms with E-state index in [1.165, 1.54) is 12.1 Å². The minimum absolute atomic E-state index is 0.0446. The van der Waals surface area contributed by atoms with Crippen molar-refractivity contribution < 1.29 is 18.9 Å². The third-order valence-electron chi connectivity index (χ3n) is 3.48. The van der Waals surface area contributed by atoms with Crippen LogP contribution in [0.1, 0.15) is 23.4 Å². The molecule has 1 fully saturated rings. The van der Waals surface area contributed by atoms with Crippen LogP contribution < -0.4 is 4.74 Å². The van der Waals surface area contributed by atoms with Crippen molar-refractivity contribution in [3.63, 3.8) is 0 Å². The molecule has 3 heterocycles. The van der Waals surface area contributed by atoms with Crippen molar-refractivity contribution in [2.45, 2.75) is 18.9 Å². The van der Waals surface area contributed by atoms with Gasteiger partial charge in [0.2, 0.25) is 5.88 Å². The number of nitrogens with zero attached hydrogens (tertiary/aromatic N) is 4. The van der Waals surface area contributed by atoms with Gasteiger partial charge in [0.25, 0.3) is 5.91 Å². The van der Waals surface area contributed by atoms with Crippen molar-refractivity contribution in [2.24, 2.45) is 0 Å². The van der Waals surface area contributed by atoms with Crippen LogP contribution in [0.3, 0.4) is 0 Å². The Hall–Kier alpha value is -2.97. The predicted octanol–water partition coefficient (Wildman–Crippen LogP) is 1.66. The molecule has 23 heavy (non-hydrogen) atoms. The lowest BCUT2D eigenvalue weighted by Gasteiger charge is -2.31. The van der Waals surface area contributed by atoms with Crippen LogP contribution in [0, 0.1) is 10.1 Å². The lowest BCUT2D eigenvalue weighted by molar-refractivity contribution is -0.402. The number of amides is 1. The van der Waals surface area contributed by atoms with Gasteiger partial charge in [-0.15, -0.1) is 5.10 Å². The molecule has 120 valence electrons. The Labute approximate surface area is 131 Å². The molecule has 3 rings (SSSR count). The fraction of sp³-hybridized carbons (Fsp3) is 0.357. The first-order valence-corrected chi connectivity index (χ1v) is 7.11. The van der Waals surface area contributed by atoms with Gasteiger partial charge < -0.3 is 14.1 Å². The van der Waals surface area contributed by atoms with E-state index < -0.39 is 10.8 Å². The van der Waals surface area contributed by atoms with E-state index in [2.05, 4.69) is 10.2 Å². The van der Waals surface area contributed by atoms with Gasteiger partial charge in [0.15, 0.2) is 5.76 Å². The molecule has 1 amide bonds. The molecule has 1 unspecified atom stereocenters. The second-order valence-electron chi connectivity index (χ2n) is 5.09. The minimum atomic E-state index is -0.674. The second kappa shape index (κ2) is 6.42. The maximum absolute atomic E-state index is 12.4. The molecule has 1 aliphatic heterocycles. The summed E-state index contributed by atoms with van der Waals surface area (Å²) in [7, 11) is 0. The van der Waals surface area contributed by atoms with E-state index in [-0.39, 0.29) is 17.8 Å². The second-order valence-corrected chi connectivity index (χ2v) is 5.09. The Bertz CT molecular complexity index is 702. The lowest BCUT2D eigenvalue weighted by Crippen LogP contribution is -2.44. The smallest absolute Gasteiger partial charge is 0.433 e. The van der Waals surface area contributed by atoms with Gasteiger partial charge in [-0.05, 0) is 25.0 Å². The summed E-state index contributed by atoms with van der Waals surface area (Å²) in [5.74, 6) is -0.472. The normalized spacial score (nSPS) is 17.7. The number of ether oxygens (including phenoxy) is 1. The number of rotatable bonds is 4. The summed E-state index contributed by atoms with van der Waals surface area (Å²) >= 11 is 0. The fourth-order valence-electron chi connectivity index (χ4n) is 2.44. The van der Waals surface area contributed by atoms with E-state index in [0.29, 0.717) is 19.0 Å². The van der Waals surface area contributed by atoms with Crippen LogP contribution in [-0.2, 0) is 0 Å². The molecular weight excluding hydrogens is 304 g/mol. The summed E-state index contributed by atoms with van der Waals surface area (Å²) in [6.07, 6.45) is 2.90. The molecule has 0 N–H and O–H groups in total. The number of carbonyl (C=O) groups excluding carboxylic acids is 1. The van der Waals surface area contributed by atoms with Crippen molar-refractivity contribution >= 4 is 11.8 Å². The maximum atomic E-state index is 12.4. The highest BCUT2D eigenvalue weighted by Gasteiger charge is 2.28. The largest absolute Gasteiger partial charge is 0.471 e. The van der Waals surface area contributed by atoms with Crippen LogP contribution in [0.2, 0.25) is 0 Å². The molecule has 1 aliphatic rings. The van der Waals surface area contributed by atoms with Gasteiger partial charge in [0.1, 0.15) is 11.0 Å². The average molecular weight is 318 g/mol. The van der Waals surface area contributed by atoms with Crippen molar-refractivity contribution in [3.05, 3.63) is 46.3 Å². The summed E-state index contributed by atoms with van der Waals surface area (Å²) in [5.41, 5.74) is 0. The number of piperidine rings is 1. The molecule has 1 atom stereocenters. The fourth-order valence-corrected chi connectivity index (χ4v) is 2.44. The SMILES string of the molecule is O=C(c1ccc([N+](=O)[O-])o1)N1CCCC(Oc2cccnn2)C1. The summed E-state index contributed by atoms with van der Waals surface area (Å²) in [5, 5.41) is 18.2. The monoisotopic (exact) mass is 318 g/mol. The maximum Gasteiger partial charge on any atom is 0.433 e. The van der Waals surface area contributed by atoms with Gasteiger partial charge in [0.05, 0.1) is 12.6 Å². The first-order chi connectivity index (χ1) is 11.1. The number of furan rings is 1. The average Bonchev–Trinajstić information content (AvgIpc) is 3.06. The summed E-state index contributed by atoms with van der Waals surface area (Å²) < 4.78 is 10.7.